The van der Waals surface area contributed by atoms with Gasteiger partial charge < -0.3 is 14.8 Å². The van der Waals surface area contributed by atoms with E-state index in [-0.39, 0.29) is 6.04 Å². The number of aryl methyl sites for hydroxylation is 1. The third kappa shape index (κ3) is 4.23. The third-order valence-corrected chi connectivity index (χ3v) is 7.24. The van der Waals surface area contributed by atoms with Crippen LogP contribution in [0.15, 0.2) is 73.3 Å². The van der Waals surface area contributed by atoms with Gasteiger partial charge in [-0.1, -0.05) is 12.1 Å². The van der Waals surface area contributed by atoms with Gasteiger partial charge in [0.05, 0.1) is 22.8 Å². The van der Waals surface area contributed by atoms with Crippen LogP contribution in [0.5, 0.6) is 0 Å². The van der Waals surface area contributed by atoms with Gasteiger partial charge in [-0.05, 0) is 86.2 Å². The lowest BCUT2D eigenvalue weighted by atomic mass is 9.87. The summed E-state index contributed by atoms with van der Waals surface area (Å²) in [7, 11) is 4.27. The smallest absolute Gasteiger partial charge is 0.0966 e. The Bertz CT molecular complexity index is 1470. The minimum Gasteiger partial charge on any atom is -0.376 e. The highest BCUT2D eigenvalue weighted by molar-refractivity contribution is 5.97. The summed E-state index contributed by atoms with van der Waals surface area (Å²) in [6, 6.07) is 17.2. The van der Waals surface area contributed by atoms with Crippen LogP contribution in [-0.2, 0) is 7.05 Å². The van der Waals surface area contributed by atoms with Crippen LogP contribution in [0, 0.1) is 5.92 Å². The average Bonchev–Trinajstić information content (AvgIpc) is 3.28. The average molecular weight is 464 g/mol. The van der Waals surface area contributed by atoms with Crippen molar-refractivity contribution in [2.75, 3.05) is 25.5 Å². The van der Waals surface area contributed by atoms with Gasteiger partial charge in [0, 0.05) is 48.6 Å². The van der Waals surface area contributed by atoms with Crippen LogP contribution in [0.1, 0.15) is 24.6 Å². The number of likely N-dealkylation sites (tertiary alicyclic amines) is 1. The molecule has 1 unspecified atom stereocenters. The van der Waals surface area contributed by atoms with Gasteiger partial charge in [0.25, 0.3) is 0 Å². The van der Waals surface area contributed by atoms with Crippen molar-refractivity contribution in [1.82, 2.24) is 29.6 Å². The Hall–Kier alpha value is -3.84. The topological polar surface area (TPSA) is 71.8 Å². The molecule has 2 aromatic carbocycles. The molecule has 1 atom stereocenters. The molecule has 7 nitrogen and oxygen atoms in total. The fraction of sp³-hybridized carbons (Fsp3) is 0.286. The zero-order valence-electron chi connectivity index (χ0n) is 20.1. The van der Waals surface area contributed by atoms with E-state index >= 15 is 0 Å². The molecule has 0 aliphatic carbocycles. The van der Waals surface area contributed by atoms with E-state index < -0.39 is 0 Å². The molecular weight excluding hydrogens is 434 g/mol. The first kappa shape index (κ1) is 21.7. The van der Waals surface area contributed by atoms with Crippen LogP contribution < -0.4 is 5.32 Å². The van der Waals surface area contributed by atoms with Crippen LogP contribution >= 0.6 is 0 Å². The maximum Gasteiger partial charge on any atom is 0.0966 e. The van der Waals surface area contributed by atoms with Crippen LogP contribution in [0.4, 0.5) is 5.69 Å². The number of nitrogens with zero attached hydrogens (tertiary/aromatic N) is 6. The van der Waals surface area contributed by atoms with Crippen molar-refractivity contribution in [1.29, 1.82) is 0 Å². The Kier molecular flexibility index (Phi) is 5.62. The Balaban J connectivity index is 1.44. The quantitative estimate of drug-likeness (QED) is 0.392. The standard InChI is InChI=1S/C28H29N7/c1-34-13-7-20(8-14-34)27(24-4-3-10-31-33-24)32-22-17-23(28-25(18-22)29-11-12-30-28)21-6-5-19-9-15-35(2)26(19)16-21/h3-6,9-12,15-18,20,27,32H,7-8,13-14H2,1-2H3. The molecule has 1 saturated heterocycles. The summed E-state index contributed by atoms with van der Waals surface area (Å²) in [5.41, 5.74) is 7.18. The fourth-order valence-corrected chi connectivity index (χ4v) is 5.26. The molecule has 0 spiro atoms. The van der Waals surface area contributed by atoms with Gasteiger partial charge >= 0.3 is 0 Å². The number of aromatic nitrogens is 5. The largest absolute Gasteiger partial charge is 0.376 e. The molecule has 1 aliphatic rings. The minimum absolute atomic E-state index is 0.0784. The second-order valence-electron chi connectivity index (χ2n) is 9.56. The summed E-state index contributed by atoms with van der Waals surface area (Å²) in [5, 5.41) is 13.7. The summed E-state index contributed by atoms with van der Waals surface area (Å²) in [6.45, 7) is 2.18. The molecule has 35 heavy (non-hydrogen) atoms. The first-order chi connectivity index (χ1) is 17.2. The lowest BCUT2D eigenvalue weighted by Crippen LogP contribution is -2.35. The number of fused-ring (bicyclic) bond motifs is 2. The van der Waals surface area contributed by atoms with Gasteiger partial charge in [-0.15, -0.1) is 0 Å². The van der Waals surface area contributed by atoms with E-state index in [1.807, 2.05) is 6.07 Å². The van der Waals surface area contributed by atoms with Gasteiger partial charge in [-0.25, -0.2) is 0 Å². The summed E-state index contributed by atoms with van der Waals surface area (Å²) < 4.78 is 2.15. The van der Waals surface area contributed by atoms with E-state index in [1.165, 1.54) is 10.9 Å². The zero-order chi connectivity index (χ0) is 23.8. The number of nitrogens with one attached hydrogen (secondary N) is 1. The minimum atomic E-state index is 0.0784. The number of rotatable bonds is 5. The highest BCUT2D eigenvalue weighted by Crippen LogP contribution is 2.36. The number of hydrogen-bond acceptors (Lipinski definition) is 6. The van der Waals surface area contributed by atoms with Gasteiger partial charge in [0.2, 0.25) is 0 Å². The highest BCUT2D eigenvalue weighted by atomic mass is 15.1. The molecule has 0 bridgehead atoms. The SMILES string of the molecule is CN1CCC(C(Nc2cc(-c3ccc4ccn(C)c4c3)c3nccnc3c2)c2cccnn2)CC1. The zero-order valence-corrected chi connectivity index (χ0v) is 20.1. The molecule has 0 amide bonds. The molecule has 1 aliphatic heterocycles. The van der Waals surface area contributed by atoms with E-state index in [0.29, 0.717) is 5.92 Å². The molecule has 4 heterocycles. The number of benzene rings is 2. The molecule has 5 aromatic rings. The van der Waals surface area contributed by atoms with Crippen molar-refractivity contribution in [2.24, 2.45) is 13.0 Å². The van der Waals surface area contributed by atoms with Crippen LogP contribution in [0.2, 0.25) is 0 Å². The van der Waals surface area contributed by atoms with E-state index in [4.69, 9.17) is 4.98 Å². The van der Waals surface area contributed by atoms with E-state index in [9.17, 15) is 0 Å². The lowest BCUT2D eigenvalue weighted by Gasteiger charge is -2.34. The van der Waals surface area contributed by atoms with E-state index in [1.54, 1.807) is 18.6 Å². The first-order valence-corrected chi connectivity index (χ1v) is 12.2. The monoisotopic (exact) mass is 463 g/mol. The maximum atomic E-state index is 4.70. The predicted octanol–water partition coefficient (Wildman–Crippen LogP) is 5.07. The van der Waals surface area contributed by atoms with Crippen molar-refractivity contribution >= 4 is 27.6 Å². The normalized spacial score (nSPS) is 16.1. The Morgan fingerprint density at radius 2 is 1.80 bits per heavy atom. The Labute approximate surface area is 204 Å². The summed E-state index contributed by atoms with van der Waals surface area (Å²) >= 11 is 0. The van der Waals surface area contributed by atoms with E-state index in [2.05, 4.69) is 92.7 Å². The summed E-state index contributed by atoms with van der Waals surface area (Å²) in [5.74, 6) is 0.476. The van der Waals surface area contributed by atoms with Gasteiger partial charge in [0.15, 0.2) is 0 Å². The molecule has 3 aromatic heterocycles. The second-order valence-corrected chi connectivity index (χ2v) is 9.56. The molecule has 6 rings (SSSR count). The van der Waals surface area contributed by atoms with Gasteiger partial charge in [-0.3, -0.25) is 9.97 Å². The summed E-state index contributed by atoms with van der Waals surface area (Å²) in [4.78, 5) is 11.8. The van der Waals surface area contributed by atoms with Gasteiger partial charge in [0.1, 0.15) is 0 Å². The van der Waals surface area contributed by atoms with Crippen molar-refractivity contribution in [3.63, 3.8) is 0 Å². The number of anilines is 1. The molecule has 0 radical (unpaired) electrons. The molecule has 0 saturated carbocycles. The molecular formula is C28H29N7. The van der Waals surface area contributed by atoms with Gasteiger partial charge in [-0.2, -0.15) is 10.2 Å². The summed E-state index contributed by atoms with van der Waals surface area (Å²) in [6.07, 6.45) is 9.59. The maximum absolute atomic E-state index is 4.70. The van der Waals surface area contributed by atoms with Crippen LogP contribution in [0.3, 0.4) is 0 Å². The van der Waals surface area contributed by atoms with E-state index in [0.717, 1.165) is 59.5 Å². The van der Waals surface area contributed by atoms with Crippen molar-refractivity contribution in [2.45, 2.75) is 18.9 Å². The molecule has 7 heteroatoms. The highest BCUT2D eigenvalue weighted by Gasteiger charge is 2.28. The van der Waals surface area contributed by atoms with Crippen LogP contribution in [0.25, 0.3) is 33.1 Å². The molecule has 176 valence electrons. The Morgan fingerprint density at radius 3 is 2.63 bits per heavy atom. The van der Waals surface area contributed by atoms with Crippen LogP contribution in [-0.4, -0.2) is 49.8 Å². The van der Waals surface area contributed by atoms with Crippen molar-refractivity contribution in [3.8, 4) is 11.1 Å². The first-order valence-electron chi connectivity index (χ1n) is 12.2. The molecule has 1 fully saturated rings. The molecule has 1 N–H and O–H groups in total. The fourth-order valence-electron chi connectivity index (χ4n) is 5.26. The third-order valence-electron chi connectivity index (χ3n) is 7.24. The number of hydrogen-bond donors (Lipinski definition) is 1. The van der Waals surface area contributed by atoms with Crippen molar-refractivity contribution < 1.29 is 0 Å². The van der Waals surface area contributed by atoms with Crippen molar-refractivity contribution in [3.05, 3.63) is 79.0 Å². The number of piperidine rings is 1. The lowest BCUT2D eigenvalue weighted by molar-refractivity contribution is 0.203. The predicted molar refractivity (Wildman–Crippen MR) is 140 cm³/mol. The Morgan fingerprint density at radius 1 is 0.943 bits per heavy atom. The second kappa shape index (κ2) is 9.07.